The molecule has 0 unspecified atom stereocenters. The van der Waals surface area contributed by atoms with Gasteiger partial charge < -0.3 is 4.98 Å². The number of aromatic nitrogens is 2. The third-order valence-corrected chi connectivity index (χ3v) is 5.10. The van der Waals surface area contributed by atoms with Gasteiger partial charge in [-0.2, -0.15) is 5.26 Å². The third-order valence-electron chi connectivity index (χ3n) is 5.10. The lowest BCUT2D eigenvalue weighted by Gasteiger charge is -2.36. The lowest BCUT2D eigenvalue weighted by atomic mass is 9.85. The molecule has 1 saturated heterocycles. The molecule has 0 radical (unpaired) electrons. The highest BCUT2D eigenvalue weighted by molar-refractivity contribution is 5.74. The van der Waals surface area contributed by atoms with Crippen molar-refractivity contribution in [1.29, 1.82) is 5.26 Å². The van der Waals surface area contributed by atoms with Crippen molar-refractivity contribution in [3.05, 3.63) is 65.5 Å². The highest BCUT2D eigenvalue weighted by Crippen LogP contribution is 2.38. The van der Waals surface area contributed by atoms with Crippen molar-refractivity contribution in [3.63, 3.8) is 0 Å². The van der Waals surface area contributed by atoms with Crippen molar-refractivity contribution in [3.8, 4) is 6.07 Å². The summed E-state index contributed by atoms with van der Waals surface area (Å²) in [4.78, 5) is 10.7. The Kier molecular flexibility index (Phi) is 3.79. The SMILES string of the molecule is CN1CC[C@@H](c2ccc(C#N)cc2)C[C@@H]1c1nc2ccccc2[nH]1. The van der Waals surface area contributed by atoms with Gasteiger partial charge in [0.25, 0.3) is 0 Å². The summed E-state index contributed by atoms with van der Waals surface area (Å²) < 4.78 is 0. The van der Waals surface area contributed by atoms with Crippen LogP contribution in [0.3, 0.4) is 0 Å². The normalized spacial score (nSPS) is 21.7. The van der Waals surface area contributed by atoms with E-state index in [-0.39, 0.29) is 0 Å². The molecule has 4 rings (SSSR count). The van der Waals surface area contributed by atoms with Crippen molar-refractivity contribution in [2.24, 2.45) is 0 Å². The molecule has 1 fully saturated rings. The minimum atomic E-state index is 0.298. The summed E-state index contributed by atoms with van der Waals surface area (Å²) in [5.74, 6) is 1.56. The van der Waals surface area contributed by atoms with Gasteiger partial charge in [0.1, 0.15) is 5.82 Å². The molecule has 0 aliphatic carbocycles. The molecule has 1 aliphatic heterocycles. The van der Waals surface area contributed by atoms with E-state index in [0.717, 1.165) is 41.8 Å². The number of nitrogens with zero attached hydrogens (tertiary/aromatic N) is 3. The number of aromatic amines is 1. The number of rotatable bonds is 2. The third kappa shape index (κ3) is 2.68. The largest absolute Gasteiger partial charge is 0.341 e. The molecule has 0 saturated carbocycles. The van der Waals surface area contributed by atoms with Crippen LogP contribution in [0.15, 0.2) is 48.5 Å². The Morgan fingerprint density at radius 2 is 1.96 bits per heavy atom. The van der Waals surface area contributed by atoms with Crippen molar-refractivity contribution >= 4 is 11.0 Å². The maximum absolute atomic E-state index is 8.96. The summed E-state index contributed by atoms with van der Waals surface area (Å²) in [6.07, 6.45) is 2.18. The average Bonchev–Trinajstić information content (AvgIpc) is 3.06. The molecule has 2 aromatic carbocycles. The summed E-state index contributed by atoms with van der Waals surface area (Å²) in [6, 6.07) is 18.7. The molecule has 1 aromatic heterocycles. The van der Waals surface area contributed by atoms with Crippen LogP contribution in [0.5, 0.6) is 0 Å². The van der Waals surface area contributed by atoms with Crippen LogP contribution in [0, 0.1) is 11.3 Å². The number of para-hydroxylation sites is 2. The van der Waals surface area contributed by atoms with E-state index in [9.17, 15) is 0 Å². The molecule has 3 aromatic rings. The molecule has 4 nitrogen and oxygen atoms in total. The van der Waals surface area contributed by atoms with E-state index in [1.54, 1.807) is 0 Å². The highest BCUT2D eigenvalue weighted by Gasteiger charge is 2.30. The molecule has 0 amide bonds. The summed E-state index contributed by atoms with van der Waals surface area (Å²) in [5.41, 5.74) is 4.17. The zero-order valence-corrected chi connectivity index (χ0v) is 13.7. The Labute approximate surface area is 141 Å². The van der Waals surface area contributed by atoms with E-state index in [1.807, 2.05) is 24.3 Å². The zero-order chi connectivity index (χ0) is 16.5. The first-order valence-corrected chi connectivity index (χ1v) is 8.39. The number of imidazole rings is 1. The summed E-state index contributed by atoms with van der Waals surface area (Å²) in [7, 11) is 2.17. The van der Waals surface area contributed by atoms with E-state index in [4.69, 9.17) is 10.2 Å². The monoisotopic (exact) mass is 316 g/mol. The summed E-state index contributed by atoms with van der Waals surface area (Å²) in [5, 5.41) is 8.96. The van der Waals surface area contributed by atoms with Crippen LogP contribution in [0.25, 0.3) is 11.0 Å². The number of fused-ring (bicyclic) bond motifs is 1. The number of piperidine rings is 1. The molecular formula is C20H20N4. The first-order valence-electron chi connectivity index (χ1n) is 8.39. The molecule has 1 N–H and O–H groups in total. The minimum absolute atomic E-state index is 0.298. The Balaban J connectivity index is 1.61. The fourth-order valence-electron chi connectivity index (χ4n) is 3.67. The Morgan fingerprint density at radius 3 is 2.71 bits per heavy atom. The quantitative estimate of drug-likeness (QED) is 0.778. The van der Waals surface area contributed by atoms with Gasteiger partial charge in [-0.05, 0) is 62.2 Å². The summed E-state index contributed by atoms with van der Waals surface area (Å²) in [6.45, 7) is 1.05. The van der Waals surface area contributed by atoms with E-state index in [2.05, 4.69) is 47.3 Å². The van der Waals surface area contributed by atoms with Crippen LogP contribution in [-0.2, 0) is 0 Å². The number of nitriles is 1. The molecule has 1 aliphatic rings. The molecule has 2 atom stereocenters. The van der Waals surface area contributed by atoms with Crippen molar-refractivity contribution in [2.45, 2.75) is 24.8 Å². The fourth-order valence-corrected chi connectivity index (χ4v) is 3.67. The number of hydrogen-bond donors (Lipinski definition) is 1. The first kappa shape index (κ1) is 14.9. The molecular weight excluding hydrogens is 296 g/mol. The van der Waals surface area contributed by atoms with E-state index in [0.29, 0.717) is 12.0 Å². The Hall–Kier alpha value is -2.64. The number of H-pyrrole nitrogens is 1. The van der Waals surface area contributed by atoms with Gasteiger partial charge in [-0.25, -0.2) is 4.98 Å². The lowest BCUT2D eigenvalue weighted by Crippen LogP contribution is -2.33. The van der Waals surface area contributed by atoms with Crippen LogP contribution >= 0.6 is 0 Å². The highest BCUT2D eigenvalue weighted by atomic mass is 15.2. The maximum atomic E-state index is 8.96. The lowest BCUT2D eigenvalue weighted by molar-refractivity contribution is 0.164. The molecule has 0 bridgehead atoms. The van der Waals surface area contributed by atoms with Crippen molar-refractivity contribution in [2.75, 3.05) is 13.6 Å². The van der Waals surface area contributed by atoms with Gasteiger partial charge in [0.15, 0.2) is 0 Å². The van der Waals surface area contributed by atoms with Gasteiger partial charge in [0.05, 0.1) is 28.7 Å². The van der Waals surface area contributed by atoms with Gasteiger partial charge >= 0.3 is 0 Å². The van der Waals surface area contributed by atoms with Crippen LogP contribution in [-0.4, -0.2) is 28.5 Å². The average molecular weight is 316 g/mol. The van der Waals surface area contributed by atoms with Gasteiger partial charge in [-0.15, -0.1) is 0 Å². The second-order valence-electron chi connectivity index (χ2n) is 6.59. The van der Waals surface area contributed by atoms with Gasteiger partial charge in [-0.3, -0.25) is 4.90 Å². The molecule has 4 heteroatoms. The predicted molar refractivity (Wildman–Crippen MR) is 94.6 cm³/mol. The summed E-state index contributed by atoms with van der Waals surface area (Å²) >= 11 is 0. The predicted octanol–water partition coefficient (Wildman–Crippen LogP) is 3.99. The maximum Gasteiger partial charge on any atom is 0.124 e. The smallest absolute Gasteiger partial charge is 0.124 e. The number of likely N-dealkylation sites (tertiary alicyclic amines) is 1. The number of nitrogens with one attached hydrogen (secondary N) is 1. The van der Waals surface area contributed by atoms with E-state index >= 15 is 0 Å². The number of benzene rings is 2. The Bertz CT molecular complexity index is 855. The van der Waals surface area contributed by atoms with Crippen LogP contribution in [0.4, 0.5) is 0 Å². The van der Waals surface area contributed by atoms with Crippen LogP contribution in [0.1, 0.15) is 41.8 Å². The van der Waals surface area contributed by atoms with Crippen molar-refractivity contribution < 1.29 is 0 Å². The van der Waals surface area contributed by atoms with Crippen LogP contribution in [0.2, 0.25) is 0 Å². The van der Waals surface area contributed by atoms with Crippen molar-refractivity contribution in [1.82, 2.24) is 14.9 Å². The molecule has 0 spiro atoms. The zero-order valence-electron chi connectivity index (χ0n) is 13.7. The van der Waals surface area contributed by atoms with Gasteiger partial charge in [0, 0.05) is 0 Å². The number of hydrogen-bond acceptors (Lipinski definition) is 3. The molecule has 24 heavy (non-hydrogen) atoms. The standard InChI is InChI=1S/C20H20N4/c1-24-11-10-16(15-8-6-14(13-21)7-9-15)12-19(24)20-22-17-4-2-3-5-18(17)23-20/h2-9,16,19H,10-12H2,1H3,(H,22,23)/t16-,19-/m1/s1. The van der Waals surface area contributed by atoms with Gasteiger partial charge in [0.2, 0.25) is 0 Å². The van der Waals surface area contributed by atoms with E-state index < -0.39 is 0 Å². The fraction of sp³-hybridized carbons (Fsp3) is 0.300. The van der Waals surface area contributed by atoms with E-state index in [1.165, 1.54) is 5.56 Å². The second kappa shape index (κ2) is 6.10. The molecule has 120 valence electrons. The van der Waals surface area contributed by atoms with Gasteiger partial charge in [-0.1, -0.05) is 24.3 Å². The Morgan fingerprint density at radius 1 is 1.17 bits per heavy atom. The topological polar surface area (TPSA) is 55.7 Å². The molecule has 2 heterocycles. The second-order valence-corrected chi connectivity index (χ2v) is 6.59. The minimum Gasteiger partial charge on any atom is -0.341 e. The first-order chi connectivity index (χ1) is 11.7. The van der Waals surface area contributed by atoms with Crippen LogP contribution < -0.4 is 0 Å².